The number of carbonyl (C=O) groups is 1. The molecule has 0 unspecified atom stereocenters. The molecule has 0 aliphatic rings. The van der Waals surface area contributed by atoms with Crippen LogP contribution in [0.15, 0.2) is 77.8 Å². The van der Waals surface area contributed by atoms with Gasteiger partial charge in [-0.3, -0.25) is 19.3 Å². The highest BCUT2D eigenvalue weighted by Crippen LogP contribution is 2.29. The summed E-state index contributed by atoms with van der Waals surface area (Å²) in [6.45, 7) is -0.612. The number of carbonyl (C=O) groups excluding carboxylic acids is 1. The number of hydrogen-bond donors (Lipinski definition) is 2. The third-order valence-electron chi connectivity index (χ3n) is 4.39. The molecule has 0 aliphatic carbocycles. The Balaban J connectivity index is 2.07. The summed E-state index contributed by atoms with van der Waals surface area (Å²) in [4.78, 5) is 16.1. The molecule has 2 N–H and O–H groups in total. The molecular weight excluding hydrogens is 418 g/mol. The van der Waals surface area contributed by atoms with E-state index in [1.807, 2.05) is 12.1 Å². The van der Waals surface area contributed by atoms with Gasteiger partial charge in [-0.1, -0.05) is 30.3 Å². The molecule has 0 aliphatic heterocycles. The van der Waals surface area contributed by atoms with E-state index in [2.05, 4.69) is 4.98 Å². The van der Waals surface area contributed by atoms with Crippen molar-refractivity contribution in [2.75, 3.05) is 18.0 Å². The molecule has 1 heterocycles. The molecule has 8 nitrogen and oxygen atoms in total. The molecule has 9 heteroatoms. The second-order valence-corrected chi connectivity index (χ2v) is 8.23. The first kappa shape index (κ1) is 22.0. The molecule has 0 saturated carbocycles. The molecule has 0 spiro atoms. The van der Waals surface area contributed by atoms with Gasteiger partial charge in [-0.15, -0.1) is 0 Å². The molecule has 0 radical (unpaired) electrons. The van der Waals surface area contributed by atoms with Gasteiger partial charge in [0.2, 0.25) is 0 Å². The Hall–Kier alpha value is -3.69. The van der Waals surface area contributed by atoms with E-state index in [4.69, 9.17) is 9.94 Å². The van der Waals surface area contributed by atoms with Gasteiger partial charge in [0.1, 0.15) is 12.3 Å². The molecule has 2 aromatic carbocycles. The largest absolute Gasteiger partial charge is 0.497 e. The summed E-state index contributed by atoms with van der Waals surface area (Å²) in [5.41, 5.74) is 3.01. The van der Waals surface area contributed by atoms with Crippen LogP contribution in [0.25, 0.3) is 12.2 Å². The summed E-state index contributed by atoms with van der Waals surface area (Å²) >= 11 is 0. The number of rotatable bonds is 8. The first-order valence-electron chi connectivity index (χ1n) is 9.23. The lowest BCUT2D eigenvalue weighted by molar-refractivity contribution is -0.127. The van der Waals surface area contributed by atoms with E-state index >= 15 is 0 Å². The topological polar surface area (TPSA) is 109 Å². The van der Waals surface area contributed by atoms with Gasteiger partial charge in [0, 0.05) is 6.20 Å². The Morgan fingerprint density at radius 3 is 2.42 bits per heavy atom. The predicted molar refractivity (Wildman–Crippen MR) is 117 cm³/mol. The Labute approximate surface area is 180 Å². The van der Waals surface area contributed by atoms with Crippen LogP contribution in [0.4, 0.5) is 5.69 Å². The fourth-order valence-electron chi connectivity index (χ4n) is 2.85. The number of para-hydroxylation sites is 1. The number of hydroxylamine groups is 1. The monoisotopic (exact) mass is 439 g/mol. The van der Waals surface area contributed by atoms with Crippen LogP contribution in [0.1, 0.15) is 11.3 Å². The fraction of sp³-hybridized carbons (Fsp3) is 0.0909. The molecule has 31 heavy (non-hydrogen) atoms. The highest BCUT2D eigenvalue weighted by atomic mass is 32.2. The van der Waals surface area contributed by atoms with Crippen LogP contribution in [0.2, 0.25) is 0 Å². The van der Waals surface area contributed by atoms with E-state index < -0.39 is 22.5 Å². The van der Waals surface area contributed by atoms with Crippen molar-refractivity contribution in [1.29, 1.82) is 0 Å². The number of anilines is 1. The van der Waals surface area contributed by atoms with Gasteiger partial charge in [-0.05, 0) is 54.1 Å². The molecule has 0 atom stereocenters. The van der Waals surface area contributed by atoms with Crippen molar-refractivity contribution >= 4 is 33.8 Å². The maximum Gasteiger partial charge on any atom is 0.264 e. The standard InChI is InChI=1S/C22H21N3O5S/c1-30-19-11-13-20(14-12-19)31(28,29)25(16-22(26)24-27)21-8-3-2-6-17(21)9-10-18-7-4-5-15-23-18/h2-15,27H,16H2,1H3,(H,24,26)/b10-9-. The number of nitrogens with zero attached hydrogens (tertiary/aromatic N) is 2. The number of methoxy groups -OCH3 is 1. The third-order valence-corrected chi connectivity index (χ3v) is 6.16. The summed E-state index contributed by atoms with van der Waals surface area (Å²) in [6.07, 6.45) is 5.10. The first-order valence-corrected chi connectivity index (χ1v) is 10.7. The van der Waals surface area contributed by atoms with Gasteiger partial charge >= 0.3 is 0 Å². The van der Waals surface area contributed by atoms with Gasteiger partial charge in [0.15, 0.2) is 0 Å². The second kappa shape index (κ2) is 9.88. The summed E-state index contributed by atoms with van der Waals surface area (Å²) in [7, 11) is -2.66. The molecule has 0 fully saturated rings. The van der Waals surface area contributed by atoms with E-state index in [9.17, 15) is 13.2 Å². The number of sulfonamides is 1. The van der Waals surface area contributed by atoms with Gasteiger partial charge in [0.25, 0.3) is 15.9 Å². The van der Waals surface area contributed by atoms with E-state index in [0.717, 1.165) is 4.31 Å². The lowest BCUT2D eigenvalue weighted by Crippen LogP contribution is -2.40. The zero-order valence-electron chi connectivity index (χ0n) is 16.7. The molecule has 0 bridgehead atoms. The number of amides is 1. The van der Waals surface area contributed by atoms with E-state index in [1.54, 1.807) is 48.7 Å². The average Bonchev–Trinajstić information content (AvgIpc) is 2.82. The molecule has 160 valence electrons. The van der Waals surface area contributed by atoms with Gasteiger partial charge < -0.3 is 4.74 Å². The Kier molecular flexibility index (Phi) is 7.01. The highest BCUT2D eigenvalue weighted by molar-refractivity contribution is 7.92. The van der Waals surface area contributed by atoms with Crippen molar-refractivity contribution in [3.05, 3.63) is 84.2 Å². The van der Waals surface area contributed by atoms with Gasteiger partial charge in [-0.2, -0.15) is 0 Å². The first-order chi connectivity index (χ1) is 15.0. The van der Waals surface area contributed by atoms with Crippen molar-refractivity contribution in [1.82, 2.24) is 10.5 Å². The normalized spacial score (nSPS) is 11.3. The second-order valence-electron chi connectivity index (χ2n) is 6.37. The Morgan fingerprint density at radius 2 is 1.77 bits per heavy atom. The van der Waals surface area contributed by atoms with Crippen LogP contribution < -0.4 is 14.5 Å². The Morgan fingerprint density at radius 1 is 1.06 bits per heavy atom. The molecule has 0 saturated heterocycles. The van der Waals surface area contributed by atoms with Crippen molar-refractivity contribution in [2.24, 2.45) is 0 Å². The lowest BCUT2D eigenvalue weighted by Gasteiger charge is -2.25. The fourth-order valence-corrected chi connectivity index (χ4v) is 4.29. The smallest absolute Gasteiger partial charge is 0.264 e. The van der Waals surface area contributed by atoms with Crippen LogP contribution in [0.5, 0.6) is 5.75 Å². The SMILES string of the molecule is COc1ccc(S(=O)(=O)N(CC(=O)NO)c2ccccc2/C=C\c2ccccn2)cc1. The summed E-state index contributed by atoms with van der Waals surface area (Å²) < 4.78 is 32.8. The number of aromatic nitrogens is 1. The minimum atomic E-state index is -4.13. The van der Waals surface area contributed by atoms with Crippen molar-refractivity contribution in [2.45, 2.75) is 4.90 Å². The van der Waals surface area contributed by atoms with Crippen LogP contribution in [0.3, 0.4) is 0 Å². The summed E-state index contributed by atoms with van der Waals surface area (Å²) in [5.74, 6) is -0.377. The number of hydrogen-bond acceptors (Lipinski definition) is 6. The van der Waals surface area contributed by atoms with Gasteiger partial charge in [0.05, 0.1) is 23.4 Å². The molecular formula is C22H21N3O5S. The Bertz CT molecular complexity index is 1160. The number of nitrogens with one attached hydrogen (secondary N) is 1. The summed E-state index contributed by atoms with van der Waals surface area (Å²) in [5, 5.41) is 9.00. The van der Waals surface area contributed by atoms with Crippen molar-refractivity contribution in [3.63, 3.8) is 0 Å². The highest BCUT2D eigenvalue weighted by Gasteiger charge is 2.28. The van der Waals surface area contributed by atoms with E-state index in [1.165, 1.54) is 36.9 Å². The van der Waals surface area contributed by atoms with Crippen molar-refractivity contribution in [3.8, 4) is 5.75 Å². The lowest BCUT2D eigenvalue weighted by atomic mass is 10.1. The van der Waals surface area contributed by atoms with E-state index in [-0.39, 0.29) is 10.6 Å². The van der Waals surface area contributed by atoms with Crippen LogP contribution in [-0.2, 0) is 14.8 Å². The summed E-state index contributed by atoms with van der Waals surface area (Å²) in [6, 6.07) is 18.0. The third kappa shape index (κ3) is 5.27. The number of pyridine rings is 1. The molecule has 1 amide bonds. The maximum atomic E-state index is 13.4. The van der Waals surface area contributed by atoms with Crippen LogP contribution in [0, 0.1) is 0 Å². The number of ether oxygens (including phenoxy) is 1. The zero-order valence-corrected chi connectivity index (χ0v) is 17.5. The zero-order chi connectivity index (χ0) is 22.3. The predicted octanol–water partition coefficient (Wildman–Crippen LogP) is 2.96. The van der Waals surface area contributed by atoms with Crippen molar-refractivity contribution < 1.29 is 23.2 Å². The van der Waals surface area contributed by atoms with Gasteiger partial charge in [-0.25, -0.2) is 13.9 Å². The maximum absolute atomic E-state index is 13.4. The quantitative estimate of drug-likeness (QED) is 0.413. The van der Waals surface area contributed by atoms with E-state index in [0.29, 0.717) is 17.0 Å². The molecule has 3 rings (SSSR count). The minimum absolute atomic E-state index is 0.0254. The minimum Gasteiger partial charge on any atom is -0.497 e. The average molecular weight is 439 g/mol. The van der Waals surface area contributed by atoms with Crippen LogP contribution in [-0.4, -0.2) is 38.2 Å². The molecule has 3 aromatic rings. The van der Waals surface area contributed by atoms with Crippen LogP contribution >= 0.6 is 0 Å². The molecule has 1 aromatic heterocycles. The number of benzene rings is 2.